The molecule has 2 aromatic carbocycles. The first-order valence-electron chi connectivity index (χ1n) is 9.40. The van der Waals surface area contributed by atoms with E-state index in [9.17, 15) is 14.4 Å². The maximum Gasteiger partial charge on any atom is 0.329 e. The van der Waals surface area contributed by atoms with Crippen molar-refractivity contribution in [3.63, 3.8) is 0 Å². The zero-order chi connectivity index (χ0) is 22.5. The first-order chi connectivity index (χ1) is 14.8. The summed E-state index contributed by atoms with van der Waals surface area (Å²) < 4.78 is 10.4. The van der Waals surface area contributed by atoms with Crippen LogP contribution in [0.3, 0.4) is 0 Å². The molecular weight excluding hydrogens is 445 g/mol. The summed E-state index contributed by atoms with van der Waals surface area (Å²) in [5.74, 6) is 0.0197. The monoisotopic (exact) mass is 465 g/mol. The van der Waals surface area contributed by atoms with Crippen molar-refractivity contribution in [1.82, 2.24) is 10.2 Å². The number of hydrogen-bond acceptors (Lipinski definition) is 5. The lowest BCUT2D eigenvalue weighted by Crippen LogP contribution is -2.49. The van der Waals surface area contributed by atoms with Gasteiger partial charge in [-0.05, 0) is 36.2 Å². The van der Waals surface area contributed by atoms with Gasteiger partial charge in [-0.2, -0.15) is 0 Å². The molecule has 0 aromatic heterocycles. The van der Waals surface area contributed by atoms with Crippen molar-refractivity contribution in [1.29, 1.82) is 0 Å². The molecule has 0 aliphatic carbocycles. The summed E-state index contributed by atoms with van der Waals surface area (Å²) in [6.45, 7) is 0.140. The number of ether oxygens (including phenoxy) is 2. The Bertz CT molecular complexity index is 1010. The van der Waals surface area contributed by atoms with Crippen molar-refractivity contribution in [2.75, 3.05) is 19.5 Å². The Kier molecular flexibility index (Phi) is 7.25. The Hall–Kier alpha value is -2.97. The topological polar surface area (TPSA) is 97.0 Å². The highest BCUT2D eigenvalue weighted by Crippen LogP contribution is 2.30. The third-order valence-electron chi connectivity index (χ3n) is 4.85. The van der Waals surface area contributed by atoms with Crippen LogP contribution in [0.15, 0.2) is 36.4 Å². The van der Waals surface area contributed by atoms with Gasteiger partial charge >= 0.3 is 6.03 Å². The van der Waals surface area contributed by atoms with Gasteiger partial charge in [-0.25, -0.2) is 4.79 Å². The third kappa shape index (κ3) is 5.21. The van der Waals surface area contributed by atoms with Crippen LogP contribution in [-0.4, -0.2) is 43.0 Å². The highest BCUT2D eigenvalue weighted by Gasteiger charge is 2.40. The number of halogens is 2. The Morgan fingerprint density at radius 1 is 1.13 bits per heavy atom. The van der Waals surface area contributed by atoms with E-state index in [0.717, 1.165) is 4.90 Å². The van der Waals surface area contributed by atoms with Gasteiger partial charge in [-0.3, -0.25) is 14.5 Å². The lowest BCUT2D eigenvalue weighted by molar-refractivity contribution is -0.132. The second-order valence-electron chi connectivity index (χ2n) is 6.77. The maximum atomic E-state index is 12.8. The van der Waals surface area contributed by atoms with Crippen LogP contribution in [0.25, 0.3) is 0 Å². The lowest BCUT2D eigenvalue weighted by atomic mass is 10.2. The van der Waals surface area contributed by atoms with Crippen molar-refractivity contribution in [3.05, 3.63) is 52.0 Å². The van der Waals surface area contributed by atoms with E-state index in [1.54, 1.807) is 36.4 Å². The number of methoxy groups -OCH3 is 2. The van der Waals surface area contributed by atoms with E-state index in [0.29, 0.717) is 32.8 Å². The first kappa shape index (κ1) is 22.7. The molecule has 0 saturated carbocycles. The first-order valence-corrected chi connectivity index (χ1v) is 10.2. The summed E-state index contributed by atoms with van der Waals surface area (Å²) in [5.41, 5.74) is 1.02. The van der Waals surface area contributed by atoms with Crippen LogP contribution in [0, 0.1) is 0 Å². The second kappa shape index (κ2) is 9.89. The van der Waals surface area contributed by atoms with Gasteiger partial charge in [0.25, 0.3) is 0 Å². The van der Waals surface area contributed by atoms with Crippen molar-refractivity contribution in [3.8, 4) is 11.5 Å². The average molecular weight is 466 g/mol. The number of rotatable bonds is 6. The minimum Gasteiger partial charge on any atom is -0.497 e. The number of nitrogens with zero attached hydrogens (tertiary/aromatic N) is 1. The summed E-state index contributed by atoms with van der Waals surface area (Å²) in [4.78, 5) is 38.8. The van der Waals surface area contributed by atoms with Crippen LogP contribution < -0.4 is 20.1 Å². The maximum absolute atomic E-state index is 12.8. The molecular formula is C21H21Cl2N3O5. The number of amides is 4. The molecule has 1 unspecified atom stereocenters. The normalized spacial score (nSPS) is 15.5. The summed E-state index contributed by atoms with van der Waals surface area (Å²) in [5, 5.41) is 6.25. The van der Waals surface area contributed by atoms with E-state index in [4.69, 9.17) is 32.7 Å². The average Bonchev–Trinajstić information content (AvgIpc) is 3.14. The molecule has 31 heavy (non-hydrogen) atoms. The Labute approximate surface area is 189 Å². The molecule has 10 heteroatoms. The molecule has 1 aliphatic heterocycles. The molecule has 1 aliphatic rings. The molecule has 1 heterocycles. The van der Waals surface area contributed by atoms with Crippen molar-refractivity contribution >= 4 is 46.7 Å². The number of imide groups is 1. The Morgan fingerprint density at radius 3 is 2.58 bits per heavy atom. The number of carbonyl (C=O) groups excluding carboxylic acids is 3. The minimum absolute atomic E-state index is 0.0902. The molecule has 2 N–H and O–H groups in total. The van der Waals surface area contributed by atoms with Gasteiger partial charge < -0.3 is 20.1 Å². The summed E-state index contributed by atoms with van der Waals surface area (Å²) >= 11 is 12.0. The molecule has 4 amide bonds. The van der Waals surface area contributed by atoms with E-state index < -0.39 is 23.9 Å². The number of likely N-dealkylation sites (tertiary alicyclic amines) is 1. The predicted molar refractivity (Wildman–Crippen MR) is 117 cm³/mol. The fourth-order valence-corrected chi connectivity index (χ4v) is 3.70. The number of nitrogens with one attached hydrogen (secondary N) is 2. The van der Waals surface area contributed by atoms with Crippen LogP contribution >= 0.6 is 23.2 Å². The molecule has 0 radical (unpaired) electrons. The van der Waals surface area contributed by atoms with Gasteiger partial charge in [0.15, 0.2) is 0 Å². The number of benzene rings is 2. The van der Waals surface area contributed by atoms with Gasteiger partial charge in [-0.15, -0.1) is 0 Å². The number of hydrogen-bond donors (Lipinski definition) is 2. The summed E-state index contributed by atoms with van der Waals surface area (Å²) in [7, 11) is 2.96. The van der Waals surface area contributed by atoms with Gasteiger partial charge in [-0.1, -0.05) is 29.3 Å². The van der Waals surface area contributed by atoms with Crippen LogP contribution in [0.5, 0.6) is 11.5 Å². The second-order valence-corrected chi connectivity index (χ2v) is 7.61. The highest BCUT2D eigenvalue weighted by atomic mass is 35.5. The van der Waals surface area contributed by atoms with Gasteiger partial charge in [0.05, 0.1) is 19.9 Å². The lowest BCUT2D eigenvalue weighted by Gasteiger charge is -2.23. The van der Waals surface area contributed by atoms with Crippen LogP contribution in [0.2, 0.25) is 10.0 Å². The van der Waals surface area contributed by atoms with E-state index in [2.05, 4.69) is 10.6 Å². The molecule has 0 spiro atoms. The van der Waals surface area contributed by atoms with Crippen LogP contribution in [0.1, 0.15) is 18.4 Å². The van der Waals surface area contributed by atoms with Crippen molar-refractivity contribution < 1.29 is 23.9 Å². The molecule has 2 aromatic rings. The zero-order valence-electron chi connectivity index (χ0n) is 16.9. The van der Waals surface area contributed by atoms with E-state index >= 15 is 0 Å². The minimum atomic E-state index is -0.928. The van der Waals surface area contributed by atoms with Crippen LogP contribution in [0.4, 0.5) is 10.5 Å². The van der Waals surface area contributed by atoms with E-state index in [-0.39, 0.29) is 19.4 Å². The number of urea groups is 1. The Morgan fingerprint density at radius 2 is 1.90 bits per heavy atom. The van der Waals surface area contributed by atoms with Crippen molar-refractivity contribution in [2.45, 2.75) is 25.4 Å². The fourth-order valence-electron chi connectivity index (χ4n) is 3.23. The molecule has 0 bridgehead atoms. The molecule has 3 rings (SSSR count). The highest BCUT2D eigenvalue weighted by molar-refractivity contribution is 6.35. The number of anilines is 1. The molecule has 8 nitrogen and oxygen atoms in total. The van der Waals surface area contributed by atoms with Crippen LogP contribution in [-0.2, 0) is 16.1 Å². The Balaban J connectivity index is 1.70. The zero-order valence-corrected chi connectivity index (χ0v) is 18.4. The third-order valence-corrected chi connectivity index (χ3v) is 5.44. The van der Waals surface area contributed by atoms with Crippen molar-refractivity contribution in [2.24, 2.45) is 0 Å². The molecule has 1 atom stereocenters. The van der Waals surface area contributed by atoms with Gasteiger partial charge in [0.2, 0.25) is 11.8 Å². The fraction of sp³-hybridized carbons (Fsp3) is 0.286. The quantitative estimate of drug-likeness (QED) is 0.674. The van der Waals surface area contributed by atoms with E-state index in [1.165, 1.54) is 14.2 Å². The van der Waals surface area contributed by atoms with E-state index in [1.807, 2.05) is 0 Å². The largest absolute Gasteiger partial charge is 0.497 e. The molecule has 1 saturated heterocycles. The summed E-state index contributed by atoms with van der Waals surface area (Å²) in [6.07, 6.45) is 0.319. The predicted octanol–water partition coefficient (Wildman–Crippen LogP) is 3.85. The van der Waals surface area contributed by atoms with Gasteiger partial charge in [0.1, 0.15) is 17.5 Å². The summed E-state index contributed by atoms with van der Waals surface area (Å²) in [6, 6.07) is 8.13. The van der Waals surface area contributed by atoms with Gasteiger partial charge in [0, 0.05) is 29.1 Å². The molecule has 164 valence electrons. The molecule has 1 fully saturated rings. The standard InChI is InChI=1S/C21H21Cl2N3O5/c1-30-14-5-6-16(18(10-14)31-2)25-21(29)26-17(7-8-19(26)27)20(28)24-11-12-3-4-13(22)9-15(12)23/h3-6,9-10,17H,7-8,11H2,1-2H3,(H,24,28)(H,25,29). The SMILES string of the molecule is COc1ccc(NC(=O)N2C(=O)CCC2C(=O)NCc2ccc(Cl)cc2Cl)c(OC)c1. The number of carbonyl (C=O) groups is 3. The smallest absolute Gasteiger partial charge is 0.329 e.